The van der Waals surface area contributed by atoms with Gasteiger partial charge in [-0.2, -0.15) is 0 Å². The second-order valence-electron chi connectivity index (χ2n) is 5.87. The van der Waals surface area contributed by atoms with E-state index in [9.17, 15) is 0 Å². The number of hydrogen-bond acceptors (Lipinski definition) is 4. The Morgan fingerprint density at radius 3 is 2.23 bits per heavy atom. The largest absolute Gasteiger partial charge is 0.489 e. The van der Waals surface area contributed by atoms with Gasteiger partial charge in [0.2, 0.25) is 0 Å². The molecule has 0 aliphatic heterocycles. The number of thiocarbonyl (C=S) groups is 1. The highest BCUT2D eigenvalue weighted by molar-refractivity contribution is 7.80. The molecule has 0 fully saturated rings. The van der Waals surface area contributed by atoms with Gasteiger partial charge < -0.3 is 14.2 Å². The maximum absolute atomic E-state index is 5.97. The van der Waals surface area contributed by atoms with E-state index in [1.807, 2.05) is 79.7 Å². The van der Waals surface area contributed by atoms with Gasteiger partial charge in [0, 0.05) is 11.6 Å². The second kappa shape index (κ2) is 8.50. The quantitative estimate of drug-likeness (QED) is 0.525. The third kappa shape index (κ3) is 4.83. The molecule has 4 heteroatoms. The van der Waals surface area contributed by atoms with Crippen molar-refractivity contribution in [1.82, 2.24) is 0 Å². The standard InChI is InChI=1S/C22H20O3S/c1-16-8-10-19(11-9-16)25-21-13-18(22(26)23-2)12-20(14-21)24-15-17-6-4-3-5-7-17/h3-14H,15H2,1-2H3. The molecule has 3 rings (SSSR count). The summed E-state index contributed by atoms with van der Waals surface area (Å²) in [7, 11) is 1.56. The first-order valence-electron chi connectivity index (χ1n) is 8.29. The summed E-state index contributed by atoms with van der Waals surface area (Å²) in [5.41, 5.74) is 3.02. The minimum atomic E-state index is 0.393. The average molecular weight is 364 g/mol. The van der Waals surface area contributed by atoms with Gasteiger partial charge in [0.1, 0.15) is 23.9 Å². The van der Waals surface area contributed by atoms with Gasteiger partial charge >= 0.3 is 0 Å². The summed E-state index contributed by atoms with van der Waals surface area (Å²) in [6, 6.07) is 23.4. The van der Waals surface area contributed by atoms with Crippen molar-refractivity contribution in [3.8, 4) is 17.2 Å². The Morgan fingerprint density at radius 2 is 1.54 bits per heavy atom. The molecule has 132 valence electrons. The maximum Gasteiger partial charge on any atom is 0.191 e. The molecule has 0 saturated heterocycles. The summed E-state index contributed by atoms with van der Waals surface area (Å²) in [6.07, 6.45) is 0. The van der Waals surface area contributed by atoms with Crippen molar-refractivity contribution in [3.05, 3.63) is 89.5 Å². The van der Waals surface area contributed by atoms with Gasteiger partial charge in [0.15, 0.2) is 5.05 Å². The van der Waals surface area contributed by atoms with E-state index in [0.29, 0.717) is 23.2 Å². The second-order valence-corrected chi connectivity index (χ2v) is 6.24. The summed E-state index contributed by atoms with van der Waals surface area (Å²) in [6.45, 7) is 2.50. The van der Waals surface area contributed by atoms with Gasteiger partial charge in [-0.3, -0.25) is 0 Å². The molecule has 3 aromatic rings. The lowest BCUT2D eigenvalue weighted by atomic mass is 10.2. The monoisotopic (exact) mass is 364 g/mol. The summed E-state index contributed by atoms with van der Waals surface area (Å²) in [5, 5.41) is 0.393. The van der Waals surface area contributed by atoms with Crippen LogP contribution in [0.4, 0.5) is 0 Å². The van der Waals surface area contributed by atoms with Gasteiger partial charge in [-0.1, -0.05) is 48.0 Å². The number of methoxy groups -OCH3 is 1. The van der Waals surface area contributed by atoms with Crippen molar-refractivity contribution in [3.63, 3.8) is 0 Å². The van der Waals surface area contributed by atoms with Crippen LogP contribution in [-0.2, 0) is 11.3 Å². The highest BCUT2D eigenvalue weighted by Crippen LogP contribution is 2.28. The van der Waals surface area contributed by atoms with Crippen molar-refractivity contribution in [2.75, 3.05) is 7.11 Å². The minimum Gasteiger partial charge on any atom is -0.489 e. The first-order chi connectivity index (χ1) is 12.6. The molecule has 0 heterocycles. The molecule has 0 aliphatic rings. The smallest absolute Gasteiger partial charge is 0.191 e. The Hall–Kier alpha value is -2.85. The highest BCUT2D eigenvalue weighted by Gasteiger charge is 2.09. The molecule has 3 aromatic carbocycles. The van der Waals surface area contributed by atoms with Crippen LogP contribution in [0.1, 0.15) is 16.7 Å². The molecule has 26 heavy (non-hydrogen) atoms. The molecular weight excluding hydrogens is 344 g/mol. The number of hydrogen-bond donors (Lipinski definition) is 0. The van der Waals surface area contributed by atoms with Crippen LogP contribution < -0.4 is 9.47 Å². The van der Waals surface area contributed by atoms with Crippen molar-refractivity contribution < 1.29 is 14.2 Å². The Kier molecular flexibility index (Phi) is 5.87. The third-order valence-electron chi connectivity index (χ3n) is 3.81. The fourth-order valence-electron chi connectivity index (χ4n) is 2.43. The number of benzene rings is 3. The molecule has 0 saturated carbocycles. The van der Waals surface area contributed by atoms with Gasteiger partial charge in [0.05, 0.1) is 7.11 Å². The fraction of sp³-hybridized carbons (Fsp3) is 0.136. The molecule has 0 aromatic heterocycles. The van der Waals surface area contributed by atoms with Crippen LogP contribution in [0.3, 0.4) is 0 Å². The summed E-state index contributed by atoms with van der Waals surface area (Å²) in [5.74, 6) is 2.08. The van der Waals surface area contributed by atoms with E-state index >= 15 is 0 Å². The van der Waals surface area contributed by atoms with Crippen molar-refractivity contribution in [1.29, 1.82) is 0 Å². The van der Waals surface area contributed by atoms with Crippen molar-refractivity contribution in [2.24, 2.45) is 0 Å². The van der Waals surface area contributed by atoms with Crippen LogP contribution in [0.25, 0.3) is 0 Å². The van der Waals surface area contributed by atoms with E-state index in [-0.39, 0.29) is 0 Å². The average Bonchev–Trinajstić information content (AvgIpc) is 2.68. The van der Waals surface area contributed by atoms with Crippen LogP contribution in [0, 0.1) is 6.92 Å². The molecule has 0 N–H and O–H groups in total. The number of rotatable bonds is 6. The zero-order valence-corrected chi connectivity index (χ0v) is 15.6. The zero-order valence-electron chi connectivity index (χ0n) is 14.8. The molecule has 0 aliphatic carbocycles. The Morgan fingerprint density at radius 1 is 0.846 bits per heavy atom. The van der Waals surface area contributed by atoms with E-state index in [1.165, 1.54) is 5.56 Å². The molecule has 0 bridgehead atoms. The molecule has 0 unspecified atom stereocenters. The zero-order chi connectivity index (χ0) is 18.4. The van der Waals surface area contributed by atoms with E-state index in [4.69, 9.17) is 26.4 Å². The van der Waals surface area contributed by atoms with Crippen LogP contribution in [0.15, 0.2) is 72.8 Å². The van der Waals surface area contributed by atoms with E-state index < -0.39 is 0 Å². The van der Waals surface area contributed by atoms with Gasteiger partial charge in [-0.15, -0.1) is 0 Å². The summed E-state index contributed by atoms with van der Waals surface area (Å²) in [4.78, 5) is 0. The molecule has 0 atom stereocenters. The van der Waals surface area contributed by atoms with Crippen molar-refractivity contribution in [2.45, 2.75) is 13.5 Å². The fourth-order valence-corrected chi connectivity index (χ4v) is 2.55. The third-order valence-corrected chi connectivity index (χ3v) is 4.21. The lowest BCUT2D eigenvalue weighted by Crippen LogP contribution is -2.02. The van der Waals surface area contributed by atoms with Crippen LogP contribution in [0.5, 0.6) is 17.2 Å². The summed E-state index contributed by atoms with van der Waals surface area (Å²) < 4.78 is 17.1. The molecule has 3 nitrogen and oxygen atoms in total. The first kappa shape index (κ1) is 18.0. The summed E-state index contributed by atoms with van der Waals surface area (Å²) >= 11 is 5.27. The molecule has 0 spiro atoms. The van der Waals surface area contributed by atoms with E-state index in [2.05, 4.69) is 0 Å². The van der Waals surface area contributed by atoms with E-state index in [1.54, 1.807) is 7.11 Å². The van der Waals surface area contributed by atoms with Gasteiger partial charge in [-0.25, -0.2) is 0 Å². The van der Waals surface area contributed by atoms with Crippen LogP contribution in [-0.4, -0.2) is 12.2 Å². The predicted octanol–water partition coefficient (Wildman–Crippen LogP) is 5.69. The Balaban J connectivity index is 1.83. The molecule has 0 radical (unpaired) electrons. The van der Waals surface area contributed by atoms with Crippen LogP contribution in [0.2, 0.25) is 0 Å². The number of ether oxygens (including phenoxy) is 3. The SMILES string of the molecule is COC(=S)c1cc(OCc2ccccc2)cc(Oc2ccc(C)cc2)c1. The Labute approximate surface area is 159 Å². The molecule has 0 amide bonds. The van der Waals surface area contributed by atoms with E-state index in [0.717, 1.165) is 16.9 Å². The predicted molar refractivity (Wildman–Crippen MR) is 107 cm³/mol. The van der Waals surface area contributed by atoms with Gasteiger partial charge in [0.25, 0.3) is 0 Å². The Bertz CT molecular complexity index is 874. The topological polar surface area (TPSA) is 27.7 Å². The van der Waals surface area contributed by atoms with Crippen molar-refractivity contribution >= 4 is 17.3 Å². The van der Waals surface area contributed by atoms with Crippen LogP contribution >= 0.6 is 12.2 Å². The normalized spacial score (nSPS) is 10.2. The lowest BCUT2D eigenvalue weighted by molar-refractivity contribution is 0.304. The molecular formula is C22H20O3S. The maximum atomic E-state index is 5.97. The minimum absolute atomic E-state index is 0.393. The first-order valence-corrected chi connectivity index (χ1v) is 8.69. The highest BCUT2D eigenvalue weighted by atomic mass is 32.1. The lowest BCUT2D eigenvalue weighted by Gasteiger charge is -2.13. The van der Waals surface area contributed by atoms with Gasteiger partial charge in [-0.05, 0) is 49.0 Å². The number of aryl methyl sites for hydroxylation is 1.